The summed E-state index contributed by atoms with van der Waals surface area (Å²) in [5.41, 5.74) is 1.11. The number of furan rings is 1. The maximum Gasteiger partial charge on any atom is 0.338 e. The number of allylic oxidation sites excluding steroid dienone is 1. The zero-order chi connectivity index (χ0) is 31.5. The average Bonchev–Trinajstić information content (AvgIpc) is 3.58. The third kappa shape index (κ3) is 5.90. The van der Waals surface area contributed by atoms with Gasteiger partial charge in [0.25, 0.3) is 11.2 Å². The van der Waals surface area contributed by atoms with Crippen LogP contribution < -0.4 is 24.4 Å². The number of benzene rings is 2. The Morgan fingerprint density at radius 2 is 1.84 bits per heavy atom. The van der Waals surface area contributed by atoms with Crippen molar-refractivity contribution in [3.05, 3.63) is 106 Å². The Labute approximate surface area is 260 Å². The second kappa shape index (κ2) is 12.9. The molecule has 44 heavy (non-hydrogen) atoms. The van der Waals surface area contributed by atoms with E-state index in [4.69, 9.17) is 30.2 Å². The normalized spacial score (nSPS) is 14.7. The Morgan fingerprint density at radius 3 is 2.55 bits per heavy atom. The van der Waals surface area contributed by atoms with Gasteiger partial charge in [-0.05, 0) is 69.7 Å². The molecule has 1 aliphatic heterocycles. The van der Waals surface area contributed by atoms with E-state index in [1.807, 2.05) is 13.8 Å². The van der Waals surface area contributed by atoms with E-state index in [0.29, 0.717) is 62.4 Å². The van der Waals surface area contributed by atoms with Crippen LogP contribution in [0.3, 0.4) is 0 Å². The van der Waals surface area contributed by atoms with Gasteiger partial charge >= 0.3 is 5.97 Å². The lowest BCUT2D eigenvalue weighted by atomic mass is 9.95. The van der Waals surface area contributed by atoms with Gasteiger partial charge in [-0.15, -0.1) is 0 Å². The fourth-order valence-electron chi connectivity index (χ4n) is 4.87. The number of ether oxygens (including phenoxy) is 3. The molecule has 0 unspecified atom stereocenters. The number of carbonyl (C=O) groups is 1. The van der Waals surface area contributed by atoms with Crippen molar-refractivity contribution in [3.8, 4) is 22.8 Å². The Hall–Kier alpha value is -4.68. The molecule has 3 heterocycles. The van der Waals surface area contributed by atoms with Crippen LogP contribution in [0.1, 0.15) is 45.1 Å². The van der Waals surface area contributed by atoms with Crippen molar-refractivity contribution in [1.82, 2.24) is 4.57 Å². The summed E-state index contributed by atoms with van der Waals surface area (Å²) in [6, 6.07) is 12.1. The van der Waals surface area contributed by atoms with E-state index in [1.54, 1.807) is 56.3 Å². The summed E-state index contributed by atoms with van der Waals surface area (Å²) in [4.78, 5) is 43.0. The average molecular weight is 638 g/mol. The number of fused-ring (bicyclic) bond motifs is 1. The van der Waals surface area contributed by atoms with Crippen molar-refractivity contribution in [2.75, 3.05) is 19.8 Å². The fraction of sp³-hybridized carbons (Fsp3) is 0.258. The van der Waals surface area contributed by atoms with Crippen LogP contribution in [0.5, 0.6) is 11.5 Å². The van der Waals surface area contributed by atoms with E-state index in [2.05, 4.69) is 4.99 Å². The minimum absolute atomic E-state index is 0.0135. The maximum atomic E-state index is 14.0. The molecule has 0 fully saturated rings. The number of rotatable bonds is 10. The van der Waals surface area contributed by atoms with Crippen LogP contribution >= 0.6 is 22.9 Å². The summed E-state index contributed by atoms with van der Waals surface area (Å²) in [7, 11) is 0. The predicted molar refractivity (Wildman–Crippen MR) is 165 cm³/mol. The van der Waals surface area contributed by atoms with Gasteiger partial charge in [0.15, 0.2) is 16.3 Å². The molecule has 0 saturated heterocycles. The summed E-state index contributed by atoms with van der Waals surface area (Å²) in [6.07, 6.45) is 1.57. The Balaban J connectivity index is 1.63. The van der Waals surface area contributed by atoms with Crippen LogP contribution in [0, 0.1) is 10.1 Å². The molecule has 0 N–H and O–H groups in total. The van der Waals surface area contributed by atoms with Crippen molar-refractivity contribution in [2.45, 2.75) is 33.7 Å². The molecular formula is C31H28ClN3O8S. The predicted octanol–water partition coefficient (Wildman–Crippen LogP) is 5.42. The molecule has 1 aliphatic rings. The molecule has 0 bridgehead atoms. The first-order chi connectivity index (χ1) is 21.2. The molecule has 1 atom stereocenters. The number of carbonyl (C=O) groups excluding carboxylic acids is 1. The third-order valence-corrected chi connectivity index (χ3v) is 8.03. The summed E-state index contributed by atoms with van der Waals surface area (Å²) < 4.78 is 24.6. The number of thiazole rings is 1. The number of nitro groups is 1. The molecule has 5 rings (SSSR count). The molecule has 0 saturated carbocycles. The number of halogens is 1. The highest BCUT2D eigenvalue weighted by Crippen LogP contribution is 2.36. The first-order valence-electron chi connectivity index (χ1n) is 13.8. The van der Waals surface area contributed by atoms with Gasteiger partial charge in [0, 0.05) is 17.7 Å². The number of esters is 1. The molecule has 4 aromatic rings. The largest absolute Gasteiger partial charge is 0.490 e. The molecule has 0 spiro atoms. The Bertz CT molecular complexity index is 1970. The lowest BCUT2D eigenvalue weighted by Crippen LogP contribution is -2.40. The van der Waals surface area contributed by atoms with Crippen LogP contribution in [0.15, 0.2) is 74.0 Å². The fourth-order valence-corrected chi connectivity index (χ4v) is 6.08. The minimum atomic E-state index is -0.843. The molecule has 0 radical (unpaired) electrons. The topological polar surface area (TPSA) is 135 Å². The number of hydrogen-bond donors (Lipinski definition) is 0. The van der Waals surface area contributed by atoms with Crippen LogP contribution in [0.4, 0.5) is 5.69 Å². The highest BCUT2D eigenvalue weighted by molar-refractivity contribution is 7.07. The number of nitrogens with zero attached hydrogens (tertiary/aromatic N) is 3. The van der Waals surface area contributed by atoms with E-state index in [9.17, 15) is 19.7 Å². The molecule has 0 amide bonds. The van der Waals surface area contributed by atoms with Crippen molar-refractivity contribution in [3.63, 3.8) is 0 Å². The van der Waals surface area contributed by atoms with E-state index >= 15 is 0 Å². The van der Waals surface area contributed by atoms with Crippen LogP contribution in [-0.2, 0) is 9.53 Å². The molecule has 11 nitrogen and oxygen atoms in total. The quantitative estimate of drug-likeness (QED) is 0.128. The Morgan fingerprint density at radius 1 is 1.09 bits per heavy atom. The van der Waals surface area contributed by atoms with Crippen molar-refractivity contribution >= 4 is 40.7 Å². The number of hydrogen-bond acceptors (Lipinski definition) is 10. The van der Waals surface area contributed by atoms with Crippen molar-refractivity contribution in [2.24, 2.45) is 4.99 Å². The van der Waals surface area contributed by atoms with Gasteiger partial charge in [0.2, 0.25) is 0 Å². The lowest BCUT2D eigenvalue weighted by Gasteiger charge is -2.25. The summed E-state index contributed by atoms with van der Waals surface area (Å²) in [6.45, 7) is 8.12. The summed E-state index contributed by atoms with van der Waals surface area (Å²) >= 11 is 7.09. The van der Waals surface area contributed by atoms with Crippen molar-refractivity contribution < 1.29 is 28.3 Å². The minimum Gasteiger partial charge on any atom is -0.490 e. The van der Waals surface area contributed by atoms with Crippen LogP contribution in [0.25, 0.3) is 17.4 Å². The SMILES string of the molecule is CCOC(=O)C1=C(C)N=c2s/c(=C\c3ccc(-c4ccc(Cl)c([N+](=O)[O-])c4)o3)c(=O)n2[C@H]1c1ccc(OCC)c(OCC)c1. The zero-order valence-electron chi connectivity index (χ0n) is 24.3. The van der Waals surface area contributed by atoms with Gasteiger partial charge in [0.1, 0.15) is 16.5 Å². The van der Waals surface area contributed by atoms with Gasteiger partial charge in [-0.3, -0.25) is 19.5 Å². The summed E-state index contributed by atoms with van der Waals surface area (Å²) in [5.74, 6) is 1.16. The lowest BCUT2D eigenvalue weighted by molar-refractivity contribution is -0.384. The van der Waals surface area contributed by atoms with Gasteiger partial charge in [-0.2, -0.15) is 0 Å². The highest BCUT2D eigenvalue weighted by Gasteiger charge is 2.34. The second-order valence-electron chi connectivity index (χ2n) is 9.50. The maximum absolute atomic E-state index is 14.0. The first-order valence-corrected chi connectivity index (χ1v) is 15.0. The Kier molecular flexibility index (Phi) is 9.02. The highest BCUT2D eigenvalue weighted by atomic mass is 35.5. The monoisotopic (exact) mass is 637 g/mol. The standard InChI is InChI=1S/C31H28ClN3O8S/c1-5-40-24-12-9-19(15-25(24)41-6-2)28-27(30(37)42-7-3)17(4)33-31-34(28)29(36)26(44-31)16-20-10-13-23(43-20)18-8-11-21(32)22(14-18)35(38)39/h8-16,28H,5-7H2,1-4H3/b26-16-/t28-/m0/s1. The number of nitro benzene ring substituents is 1. The molecule has 228 valence electrons. The molecule has 2 aromatic carbocycles. The van der Waals surface area contributed by atoms with E-state index in [1.165, 1.54) is 16.7 Å². The molecule has 0 aliphatic carbocycles. The summed E-state index contributed by atoms with van der Waals surface area (Å²) in [5, 5.41) is 11.3. The number of aromatic nitrogens is 1. The molecular weight excluding hydrogens is 610 g/mol. The third-order valence-electron chi connectivity index (χ3n) is 6.73. The molecule has 2 aromatic heterocycles. The first kappa shape index (κ1) is 30.8. The van der Waals surface area contributed by atoms with Crippen LogP contribution in [0.2, 0.25) is 5.02 Å². The van der Waals surface area contributed by atoms with E-state index < -0.39 is 16.9 Å². The smallest absolute Gasteiger partial charge is 0.338 e. The molecule has 13 heteroatoms. The van der Waals surface area contributed by atoms with Gasteiger partial charge in [0.05, 0.1) is 46.6 Å². The zero-order valence-corrected chi connectivity index (χ0v) is 25.9. The van der Waals surface area contributed by atoms with Gasteiger partial charge in [-0.25, -0.2) is 9.79 Å². The van der Waals surface area contributed by atoms with Gasteiger partial charge in [-0.1, -0.05) is 29.0 Å². The van der Waals surface area contributed by atoms with Crippen LogP contribution in [-0.4, -0.2) is 35.3 Å². The second-order valence-corrected chi connectivity index (χ2v) is 10.9. The van der Waals surface area contributed by atoms with E-state index in [0.717, 1.165) is 11.3 Å². The van der Waals surface area contributed by atoms with Gasteiger partial charge < -0.3 is 18.6 Å². The van der Waals surface area contributed by atoms with Crippen molar-refractivity contribution in [1.29, 1.82) is 0 Å². The van der Waals surface area contributed by atoms with E-state index in [-0.39, 0.29) is 28.4 Å².